The summed E-state index contributed by atoms with van der Waals surface area (Å²) < 4.78 is 37.3. The van der Waals surface area contributed by atoms with Gasteiger partial charge in [-0.15, -0.1) is 12.4 Å². The Labute approximate surface area is 303 Å². The van der Waals surface area contributed by atoms with Gasteiger partial charge in [-0.25, -0.2) is 4.39 Å². The topological polar surface area (TPSA) is 98.4 Å². The van der Waals surface area contributed by atoms with Crippen LogP contribution in [-0.2, 0) is 16.1 Å². The van der Waals surface area contributed by atoms with Crippen molar-refractivity contribution in [1.29, 1.82) is 0 Å². The highest BCUT2D eigenvalue weighted by Gasteiger charge is 2.40. The Kier molecular flexibility index (Phi) is 14.7. The number of nitrogens with one attached hydrogen (secondary N) is 2. The summed E-state index contributed by atoms with van der Waals surface area (Å²) in [5, 5.41) is 7.08. The molecule has 0 bridgehead atoms. The summed E-state index contributed by atoms with van der Waals surface area (Å²) >= 11 is 12.4. The fourth-order valence-corrected chi connectivity index (χ4v) is 6.46. The molecule has 2 amide bonds. The summed E-state index contributed by atoms with van der Waals surface area (Å²) in [5.41, 5.74) is 1.98. The molecular formula is C36H43Cl3FN3O6. The number of rotatable bonds is 16. The van der Waals surface area contributed by atoms with Crippen molar-refractivity contribution in [2.75, 3.05) is 46.6 Å². The van der Waals surface area contributed by atoms with E-state index < -0.39 is 23.7 Å². The molecule has 13 heteroatoms. The normalized spacial score (nSPS) is 17.1. The van der Waals surface area contributed by atoms with Crippen molar-refractivity contribution in [3.8, 4) is 17.2 Å². The zero-order valence-corrected chi connectivity index (χ0v) is 30.0. The molecule has 266 valence electrons. The maximum atomic E-state index is 15.0. The average Bonchev–Trinajstić information content (AvgIpc) is 3.91. The first-order valence-electron chi connectivity index (χ1n) is 16.3. The summed E-state index contributed by atoms with van der Waals surface area (Å²) in [5.74, 6) is -0.562. The van der Waals surface area contributed by atoms with E-state index in [1.807, 2.05) is 36.1 Å². The van der Waals surface area contributed by atoms with E-state index >= 15 is 0 Å². The van der Waals surface area contributed by atoms with Gasteiger partial charge in [-0.3, -0.25) is 9.59 Å². The van der Waals surface area contributed by atoms with Crippen LogP contribution in [0.4, 0.5) is 4.39 Å². The molecule has 1 aliphatic heterocycles. The highest BCUT2D eigenvalue weighted by molar-refractivity contribution is 6.37. The lowest BCUT2D eigenvalue weighted by Gasteiger charge is -2.36. The second-order valence-electron chi connectivity index (χ2n) is 12.1. The molecule has 3 aromatic carbocycles. The van der Waals surface area contributed by atoms with Crippen LogP contribution in [0.3, 0.4) is 0 Å². The van der Waals surface area contributed by atoms with Gasteiger partial charge in [0.15, 0.2) is 17.3 Å². The molecule has 2 fully saturated rings. The van der Waals surface area contributed by atoms with Crippen LogP contribution in [0.25, 0.3) is 0 Å². The van der Waals surface area contributed by atoms with Crippen LogP contribution in [0.2, 0.25) is 10.0 Å². The second-order valence-corrected chi connectivity index (χ2v) is 12.9. The van der Waals surface area contributed by atoms with Crippen molar-refractivity contribution in [3.63, 3.8) is 0 Å². The fraction of sp³-hybridized carbons (Fsp3) is 0.444. The molecule has 0 radical (unpaired) electrons. The van der Waals surface area contributed by atoms with Crippen LogP contribution >= 0.6 is 35.6 Å². The van der Waals surface area contributed by atoms with Crippen LogP contribution in [0.15, 0.2) is 54.6 Å². The zero-order chi connectivity index (χ0) is 34.0. The molecule has 1 heterocycles. The number of para-hydroxylation sites is 1. The van der Waals surface area contributed by atoms with Crippen LogP contribution in [0.5, 0.6) is 17.2 Å². The minimum absolute atomic E-state index is 0. The number of amides is 2. The lowest BCUT2D eigenvalue weighted by Crippen LogP contribution is -2.55. The number of aryl methyl sites for hydroxylation is 1. The third-order valence-electron chi connectivity index (χ3n) is 8.37. The predicted molar refractivity (Wildman–Crippen MR) is 190 cm³/mol. The smallest absolute Gasteiger partial charge is 0.251 e. The molecule has 5 rings (SSSR count). The maximum absolute atomic E-state index is 15.0. The third kappa shape index (κ3) is 10.6. The molecule has 0 aromatic heterocycles. The van der Waals surface area contributed by atoms with Gasteiger partial charge in [0.1, 0.15) is 19.0 Å². The summed E-state index contributed by atoms with van der Waals surface area (Å²) in [6.45, 7) is 4.62. The molecule has 1 saturated heterocycles. The predicted octanol–water partition coefficient (Wildman–Crippen LogP) is 6.63. The Morgan fingerprint density at radius 2 is 1.65 bits per heavy atom. The molecular weight excluding hydrogens is 696 g/mol. The number of hydrogen-bond acceptors (Lipinski definition) is 7. The van der Waals surface area contributed by atoms with Gasteiger partial charge in [-0.1, -0.05) is 41.4 Å². The number of halogens is 4. The number of carbonyl (C=O) groups is 2. The van der Waals surface area contributed by atoms with Crippen molar-refractivity contribution in [2.45, 2.75) is 51.2 Å². The lowest BCUT2D eigenvalue weighted by molar-refractivity contribution is -0.138. The van der Waals surface area contributed by atoms with Crippen molar-refractivity contribution in [3.05, 3.63) is 87.2 Å². The third-order valence-corrected chi connectivity index (χ3v) is 8.94. The lowest BCUT2D eigenvalue weighted by atomic mass is 9.91. The van der Waals surface area contributed by atoms with Crippen molar-refractivity contribution in [1.82, 2.24) is 15.5 Å². The van der Waals surface area contributed by atoms with Gasteiger partial charge in [0, 0.05) is 56.4 Å². The molecule has 2 unspecified atom stereocenters. The van der Waals surface area contributed by atoms with Gasteiger partial charge in [0.05, 0.1) is 22.6 Å². The summed E-state index contributed by atoms with van der Waals surface area (Å²) in [7, 11) is 1.66. The highest BCUT2D eigenvalue weighted by atomic mass is 35.5. The van der Waals surface area contributed by atoms with Gasteiger partial charge in [0.25, 0.3) is 5.91 Å². The van der Waals surface area contributed by atoms with E-state index in [0.29, 0.717) is 55.1 Å². The Balaban J connectivity index is 0.00000541. The molecule has 3 aromatic rings. The van der Waals surface area contributed by atoms with Crippen LogP contribution in [0, 0.1) is 18.7 Å². The van der Waals surface area contributed by atoms with Gasteiger partial charge in [0.2, 0.25) is 5.91 Å². The number of hydrogen-bond donors (Lipinski definition) is 2. The minimum atomic E-state index is -0.685. The molecule has 1 saturated carbocycles. The first kappa shape index (κ1) is 38.5. The molecule has 2 atom stereocenters. The SMILES string of the molecule is COCCCOc1ccccc1CN(C(=O)C1CNCCC1NC(=O)c1ccc(OCCOc2c(Cl)cc(C)cc2Cl)c(F)c1)C1CC1.Cl. The molecule has 49 heavy (non-hydrogen) atoms. The molecule has 9 nitrogen and oxygen atoms in total. The molecule has 0 spiro atoms. The van der Waals surface area contributed by atoms with Gasteiger partial charge in [-0.2, -0.15) is 0 Å². The van der Waals surface area contributed by atoms with Gasteiger partial charge in [-0.05, 0) is 74.7 Å². The van der Waals surface area contributed by atoms with Gasteiger partial charge >= 0.3 is 0 Å². The van der Waals surface area contributed by atoms with E-state index in [9.17, 15) is 14.0 Å². The van der Waals surface area contributed by atoms with Crippen molar-refractivity contribution in [2.24, 2.45) is 5.92 Å². The number of nitrogens with zero attached hydrogens (tertiary/aromatic N) is 1. The van der Waals surface area contributed by atoms with Crippen molar-refractivity contribution < 1.29 is 32.9 Å². The van der Waals surface area contributed by atoms with E-state index in [1.165, 1.54) is 12.1 Å². The van der Waals surface area contributed by atoms with Crippen LogP contribution < -0.4 is 24.8 Å². The quantitative estimate of drug-likeness (QED) is 0.159. The number of carbonyl (C=O) groups excluding carboxylic acids is 2. The largest absolute Gasteiger partial charge is 0.493 e. The second kappa shape index (κ2) is 18.6. The molecule has 2 aliphatic rings. The van der Waals surface area contributed by atoms with Crippen molar-refractivity contribution >= 4 is 47.4 Å². The maximum Gasteiger partial charge on any atom is 0.251 e. The fourth-order valence-electron chi connectivity index (χ4n) is 5.75. The van der Waals surface area contributed by atoms with E-state index in [2.05, 4.69) is 10.6 Å². The average molecular weight is 739 g/mol. The minimum Gasteiger partial charge on any atom is -0.493 e. The number of benzene rings is 3. The Morgan fingerprint density at radius 3 is 2.37 bits per heavy atom. The number of methoxy groups -OCH3 is 1. The summed E-state index contributed by atoms with van der Waals surface area (Å²) in [6, 6.07) is 15.0. The number of piperidine rings is 1. The first-order chi connectivity index (χ1) is 23.2. The standard InChI is InChI=1S/C36H42Cl2FN3O6.ClH/c1-23-18-28(37)34(29(38)19-23)48-17-16-47-33-11-8-24(20-30(33)39)35(43)41-31-12-13-40-21-27(31)36(44)42(26-9-10-26)22-25-6-3-4-7-32(25)46-15-5-14-45-2;/h3-4,6-8,11,18-20,26-27,31,40H,5,9-10,12-17,21-22H2,1-2H3,(H,41,43);1H. The summed E-state index contributed by atoms with van der Waals surface area (Å²) in [4.78, 5) is 29.3. The van der Waals surface area contributed by atoms with E-state index in [1.54, 1.807) is 19.2 Å². The zero-order valence-electron chi connectivity index (χ0n) is 27.6. The van der Waals surface area contributed by atoms with E-state index in [0.717, 1.165) is 42.2 Å². The highest BCUT2D eigenvalue weighted by Crippen LogP contribution is 2.35. The van der Waals surface area contributed by atoms with Crippen LogP contribution in [0.1, 0.15) is 47.2 Å². The molecule has 1 aliphatic carbocycles. The Bertz CT molecular complexity index is 1550. The van der Waals surface area contributed by atoms with E-state index in [4.69, 9.17) is 42.1 Å². The van der Waals surface area contributed by atoms with E-state index in [-0.39, 0.29) is 48.9 Å². The first-order valence-corrected chi connectivity index (χ1v) is 17.0. The Hall–Kier alpha value is -3.28. The number of ether oxygens (including phenoxy) is 4. The summed E-state index contributed by atoms with van der Waals surface area (Å²) in [6.07, 6.45) is 3.21. The van der Waals surface area contributed by atoms with Gasteiger partial charge < -0.3 is 34.5 Å². The monoisotopic (exact) mass is 737 g/mol. The molecule has 2 N–H and O–H groups in total. The van der Waals surface area contributed by atoms with Crippen LogP contribution in [-0.4, -0.2) is 75.4 Å². The Morgan fingerprint density at radius 1 is 0.939 bits per heavy atom.